The van der Waals surface area contributed by atoms with Crippen molar-refractivity contribution in [3.8, 4) is 0 Å². The van der Waals surface area contributed by atoms with Crippen molar-refractivity contribution >= 4 is 30.2 Å². The van der Waals surface area contributed by atoms with Gasteiger partial charge in [-0.25, -0.2) is 0 Å². The summed E-state index contributed by atoms with van der Waals surface area (Å²) in [4.78, 5) is 39.3. The Labute approximate surface area is 150 Å². The van der Waals surface area contributed by atoms with Gasteiger partial charge >= 0.3 is 5.97 Å². The van der Waals surface area contributed by atoms with Gasteiger partial charge in [-0.3, -0.25) is 14.4 Å². The van der Waals surface area contributed by atoms with Gasteiger partial charge in [0.25, 0.3) is 0 Å². The van der Waals surface area contributed by atoms with Crippen molar-refractivity contribution in [2.45, 2.75) is 45.6 Å². The third-order valence-electron chi connectivity index (χ3n) is 4.06. The zero-order valence-corrected chi connectivity index (χ0v) is 15.6. The van der Waals surface area contributed by atoms with Crippen molar-refractivity contribution in [3.63, 3.8) is 0 Å². The predicted molar refractivity (Wildman–Crippen MR) is 93.7 cm³/mol. The quantitative estimate of drug-likeness (QED) is 0.675. The summed E-state index contributed by atoms with van der Waals surface area (Å²) in [5, 5.41) is 0. The van der Waals surface area contributed by atoms with Crippen molar-refractivity contribution in [1.29, 1.82) is 0 Å². The molecule has 1 saturated heterocycles. The molecule has 2 N–H and O–H groups in total. The highest BCUT2D eigenvalue weighted by atomic mass is 35.5. The lowest BCUT2D eigenvalue weighted by Crippen LogP contribution is -2.49. The second-order valence-electron chi connectivity index (χ2n) is 6.02. The lowest BCUT2D eigenvalue weighted by molar-refractivity contribution is -0.152. The molecule has 2 unspecified atom stereocenters. The average molecular weight is 364 g/mol. The Morgan fingerprint density at radius 3 is 2.58 bits per heavy atom. The predicted octanol–water partition coefficient (Wildman–Crippen LogP) is 0.796. The second-order valence-corrected chi connectivity index (χ2v) is 6.02. The fraction of sp³-hybridized carbons (Fsp3) is 0.812. The van der Waals surface area contributed by atoms with E-state index in [0.29, 0.717) is 26.1 Å². The van der Waals surface area contributed by atoms with Gasteiger partial charge < -0.3 is 20.3 Å². The van der Waals surface area contributed by atoms with Gasteiger partial charge in [0.2, 0.25) is 11.8 Å². The van der Waals surface area contributed by atoms with Gasteiger partial charge in [0.05, 0.1) is 25.1 Å². The molecule has 7 nitrogen and oxygen atoms in total. The maximum atomic E-state index is 12.4. The first-order chi connectivity index (χ1) is 10.9. The van der Waals surface area contributed by atoms with Crippen LogP contribution in [0, 0.1) is 5.92 Å². The first-order valence-electron chi connectivity index (χ1n) is 8.35. The lowest BCUT2D eigenvalue weighted by atomic mass is 9.98. The number of ether oxygens (including phenoxy) is 1. The summed E-state index contributed by atoms with van der Waals surface area (Å²) in [5.41, 5.74) is 5.80. The minimum absolute atomic E-state index is 0. The zero-order valence-electron chi connectivity index (χ0n) is 14.8. The number of likely N-dealkylation sites (tertiary alicyclic amines) is 1. The summed E-state index contributed by atoms with van der Waals surface area (Å²) in [7, 11) is 1.59. The number of likely N-dealkylation sites (N-methyl/N-ethyl adjacent to an activating group) is 1. The summed E-state index contributed by atoms with van der Waals surface area (Å²) in [6.45, 7) is 5.03. The van der Waals surface area contributed by atoms with Crippen molar-refractivity contribution in [3.05, 3.63) is 0 Å². The van der Waals surface area contributed by atoms with E-state index in [4.69, 9.17) is 10.5 Å². The van der Waals surface area contributed by atoms with Crippen LogP contribution in [0.4, 0.5) is 0 Å². The molecule has 1 aliphatic rings. The number of carbonyl (C=O) groups is 3. The van der Waals surface area contributed by atoms with E-state index >= 15 is 0 Å². The highest BCUT2D eigenvalue weighted by Gasteiger charge is 2.30. The summed E-state index contributed by atoms with van der Waals surface area (Å²) < 4.78 is 5.03. The van der Waals surface area contributed by atoms with Crippen LogP contribution < -0.4 is 5.73 Å². The molecule has 0 saturated carbocycles. The molecule has 0 aliphatic carbocycles. The average Bonchev–Trinajstić information content (AvgIpc) is 2.54. The molecule has 0 aromatic heterocycles. The first kappa shape index (κ1) is 22.7. The first-order valence-corrected chi connectivity index (χ1v) is 8.35. The van der Waals surface area contributed by atoms with Gasteiger partial charge in [-0.2, -0.15) is 0 Å². The number of nitrogens with two attached hydrogens (primary N) is 1. The number of amides is 2. The van der Waals surface area contributed by atoms with Gasteiger partial charge in [-0.15, -0.1) is 12.4 Å². The number of carbonyl (C=O) groups excluding carboxylic acids is 3. The number of nitrogens with zero attached hydrogens (tertiary/aromatic N) is 2. The van der Waals surface area contributed by atoms with Gasteiger partial charge in [-0.05, 0) is 26.2 Å². The molecule has 1 aliphatic heterocycles. The molecular formula is C16H30ClN3O4. The molecular weight excluding hydrogens is 334 g/mol. The molecule has 8 heteroatoms. The van der Waals surface area contributed by atoms with Crippen LogP contribution in [-0.4, -0.2) is 66.9 Å². The number of esters is 1. The van der Waals surface area contributed by atoms with Crippen LogP contribution in [0.1, 0.15) is 39.5 Å². The molecule has 1 fully saturated rings. The van der Waals surface area contributed by atoms with E-state index in [1.807, 2.05) is 6.92 Å². The Kier molecular flexibility index (Phi) is 10.6. The highest BCUT2D eigenvalue weighted by molar-refractivity contribution is 5.87. The van der Waals surface area contributed by atoms with Crippen molar-refractivity contribution in [2.75, 3.05) is 33.3 Å². The summed E-state index contributed by atoms with van der Waals surface area (Å²) >= 11 is 0. The second kappa shape index (κ2) is 11.3. The van der Waals surface area contributed by atoms with Crippen molar-refractivity contribution < 1.29 is 19.1 Å². The Morgan fingerprint density at radius 1 is 1.33 bits per heavy atom. The largest absolute Gasteiger partial charge is 0.466 e. The number of halogens is 1. The van der Waals surface area contributed by atoms with Crippen LogP contribution in [0.25, 0.3) is 0 Å². The molecule has 1 rings (SSSR count). The summed E-state index contributed by atoms with van der Waals surface area (Å²) in [6, 6.07) is -0.563. The smallest absolute Gasteiger partial charge is 0.310 e. The Balaban J connectivity index is 0.00000529. The summed E-state index contributed by atoms with van der Waals surface area (Å²) in [6.07, 6.45) is 2.93. The van der Waals surface area contributed by atoms with E-state index in [1.165, 1.54) is 4.90 Å². The van der Waals surface area contributed by atoms with E-state index < -0.39 is 6.04 Å². The highest BCUT2D eigenvalue weighted by Crippen LogP contribution is 2.18. The van der Waals surface area contributed by atoms with Gasteiger partial charge in [-0.1, -0.05) is 13.3 Å². The fourth-order valence-electron chi connectivity index (χ4n) is 2.75. The maximum Gasteiger partial charge on any atom is 0.310 e. The number of rotatable bonds is 7. The molecule has 0 radical (unpaired) electrons. The Hall–Kier alpha value is -1.34. The Morgan fingerprint density at radius 2 is 2.00 bits per heavy atom. The number of piperidine rings is 1. The monoisotopic (exact) mass is 363 g/mol. The summed E-state index contributed by atoms with van der Waals surface area (Å²) in [5.74, 6) is -0.895. The van der Waals surface area contributed by atoms with Gasteiger partial charge in [0.15, 0.2) is 0 Å². The molecule has 0 bridgehead atoms. The lowest BCUT2D eigenvalue weighted by Gasteiger charge is -2.33. The van der Waals surface area contributed by atoms with Crippen LogP contribution in [-0.2, 0) is 19.1 Å². The van der Waals surface area contributed by atoms with E-state index in [2.05, 4.69) is 0 Å². The standard InChI is InChI=1S/C16H29N3O4.ClH/c1-4-7-13(17)15(21)18(3)11-14(20)19-9-6-8-12(10-19)16(22)23-5-2;/h12-13H,4-11,17H2,1-3H3;1H. The van der Waals surface area contributed by atoms with Gasteiger partial charge in [0.1, 0.15) is 0 Å². The van der Waals surface area contributed by atoms with Crippen LogP contribution in [0.3, 0.4) is 0 Å². The molecule has 0 aromatic rings. The topological polar surface area (TPSA) is 92.9 Å². The minimum Gasteiger partial charge on any atom is -0.466 e. The van der Waals surface area contributed by atoms with Crippen LogP contribution in [0.2, 0.25) is 0 Å². The van der Waals surface area contributed by atoms with E-state index in [0.717, 1.165) is 19.3 Å². The van der Waals surface area contributed by atoms with Gasteiger partial charge in [0, 0.05) is 20.1 Å². The third kappa shape index (κ3) is 6.65. The normalized spacial score (nSPS) is 18.3. The van der Waals surface area contributed by atoms with E-state index in [-0.39, 0.29) is 42.7 Å². The molecule has 140 valence electrons. The van der Waals surface area contributed by atoms with Crippen molar-refractivity contribution in [2.24, 2.45) is 11.7 Å². The molecule has 2 atom stereocenters. The number of hydrogen-bond donors (Lipinski definition) is 1. The van der Waals surface area contributed by atoms with Crippen LogP contribution >= 0.6 is 12.4 Å². The maximum absolute atomic E-state index is 12.4. The molecule has 0 spiro atoms. The zero-order chi connectivity index (χ0) is 17.4. The van der Waals surface area contributed by atoms with Crippen molar-refractivity contribution in [1.82, 2.24) is 9.80 Å². The van der Waals surface area contributed by atoms with E-state index in [9.17, 15) is 14.4 Å². The third-order valence-corrected chi connectivity index (χ3v) is 4.06. The number of hydrogen-bond acceptors (Lipinski definition) is 5. The van der Waals surface area contributed by atoms with Crippen LogP contribution in [0.5, 0.6) is 0 Å². The van der Waals surface area contributed by atoms with E-state index in [1.54, 1.807) is 18.9 Å². The SMILES string of the molecule is CCCC(N)C(=O)N(C)CC(=O)N1CCCC(C(=O)OCC)C1.Cl. The fourth-order valence-corrected chi connectivity index (χ4v) is 2.75. The molecule has 0 aromatic carbocycles. The molecule has 24 heavy (non-hydrogen) atoms. The minimum atomic E-state index is -0.563. The molecule has 1 heterocycles. The Bertz CT molecular complexity index is 434. The molecule has 2 amide bonds. The van der Waals surface area contributed by atoms with Crippen LogP contribution in [0.15, 0.2) is 0 Å².